The molecule has 0 bridgehead atoms. The van der Waals surface area contributed by atoms with Gasteiger partial charge in [-0.3, -0.25) is 9.59 Å². The number of amides is 2. The molecule has 104 valence electrons. The third-order valence-electron chi connectivity index (χ3n) is 2.84. The highest BCUT2D eigenvalue weighted by atomic mass is 32.1. The molecule has 0 aliphatic heterocycles. The fraction of sp³-hybridized carbons (Fsp3) is 0.200. The highest BCUT2D eigenvalue weighted by molar-refractivity contribution is 7.10. The first-order chi connectivity index (χ1) is 9.69. The number of rotatable bonds is 5. The first kappa shape index (κ1) is 14.3. The van der Waals surface area contributed by atoms with Crippen LogP contribution in [-0.2, 0) is 22.4 Å². The summed E-state index contributed by atoms with van der Waals surface area (Å²) in [5, 5.41) is 7.39. The quantitative estimate of drug-likeness (QED) is 0.886. The van der Waals surface area contributed by atoms with Gasteiger partial charge in [0.25, 0.3) is 0 Å². The molecular weight excluding hydrogens is 272 g/mol. The molecule has 4 nitrogen and oxygen atoms in total. The Hall–Kier alpha value is -2.14. The third-order valence-corrected chi connectivity index (χ3v) is 3.71. The Kier molecular flexibility index (Phi) is 4.90. The van der Waals surface area contributed by atoms with Crippen LogP contribution in [0.4, 0.5) is 5.69 Å². The van der Waals surface area contributed by atoms with Crippen molar-refractivity contribution in [1.29, 1.82) is 0 Å². The molecule has 0 aliphatic rings. The zero-order valence-electron chi connectivity index (χ0n) is 11.2. The molecule has 0 saturated carbocycles. The van der Waals surface area contributed by atoms with Gasteiger partial charge in [-0.15, -0.1) is 11.3 Å². The predicted octanol–water partition coefficient (Wildman–Crippen LogP) is 2.22. The molecule has 20 heavy (non-hydrogen) atoms. The molecule has 1 heterocycles. The van der Waals surface area contributed by atoms with Gasteiger partial charge in [0.2, 0.25) is 11.8 Å². The van der Waals surface area contributed by atoms with Crippen LogP contribution in [0, 0.1) is 0 Å². The van der Waals surface area contributed by atoms with Crippen LogP contribution in [0.5, 0.6) is 0 Å². The Morgan fingerprint density at radius 3 is 2.55 bits per heavy atom. The van der Waals surface area contributed by atoms with Crippen LogP contribution in [0.15, 0.2) is 41.8 Å². The Labute approximate surface area is 121 Å². The molecule has 0 atom stereocenters. The molecule has 0 aliphatic carbocycles. The number of anilines is 1. The molecular formula is C15H16N2O2S. The molecule has 0 fully saturated rings. The van der Waals surface area contributed by atoms with E-state index in [1.54, 1.807) is 18.4 Å². The summed E-state index contributed by atoms with van der Waals surface area (Å²) < 4.78 is 0. The van der Waals surface area contributed by atoms with Gasteiger partial charge in [0.05, 0.1) is 12.8 Å². The molecule has 0 saturated heterocycles. The number of hydrogen-bond donors (Lipinski definition) is 2. The highest BCUT2D eigenvalue weighted by Gasteiger charge is 2.10. The van der Waals surface area contributed by atoms with Crippen LogP contribution >= 0.6 is 11.3 Å². The summed E-state index contributed by atoms with van der Waals surface area (Å²) in [5.41, 5.74) is 1.50. The molecule has 1 aromatic carbocycles. The van der Waals surface area contributed by atoms with Gasteiger partial charge in [-0.25, -0.2) is 0 Å². The maximum Gasteiger partial charge on any atom is 0.229 e. The van der Waals surface area contributed by atoms with Crippen molar-refractivity contribution in [3.63, 3.8) is 0 Å². The molecule has 1 aromatic heterocycles. The van der Waals surface area contributed by atoms with Gasteiger partial charge in [0, 0.05) is 17.6 Å². The average molecular weight is 288 g/mol. The summed E-state index contributed by atoms with van der Waals surface area (Å²) in [7, 11) is 1.60. The van der Waals surface area contributed by atoms with E-state index < -0.39 is 0 Å². The standard InChI is InChI=1S/C15H16N2O2S/c1-16-14(18)9-11-5-2-3-7-13(11)17-15(19)10-12-6-4-8-20-12/h2-8H,9-10H2,1H3,(H,16,18)(H,17,19). The van der Waals surface area contributed by atoms with E-state index in [4.69, 9.17) is 0 Å². The van der Waals surface area contributed by atoms with E-state index in [9.17, 15) is 9.59 Å². The number of thiophene rings is 1. The smallest absolute Gasteiger partial charge is 0.229 e. The van der Waals surface area contributed by atoms with Crippen molar-refractivity contribution < 1.29 is 9.59 Å². The van der Waals surface area contributed by atoms with Gasteiger partial charge < -0.3 is 10.6 Å². The van der Waals surface area contributed by atoms with E-state index in [-0.39, 0.29) is 18.2 Å². The van der Waals surface area contributed by atoms with E-state index in [0.29, 0.717) is 12.1 Å². The Balaban J connectivity index is 2.05. The lowest BCUT2D eigenvalue weighted by Gasteiger charge is -2.10. The number of para-hydroxylation sites is 1. The second kappa shape index (κ2) is 6.86. The summed E-state index contributed by atoms with van der Waals surface area (Å²) in [5.74, 6) is -0.151. The highest BCUT2D eigenvalue weighted by Crippen LogP contribution is 2.17. The number of hydrogen-bond acceptors (Lipinski definition) is 3. The summed E-state index contributed by atoms with van der Waals surface area (Å²) in [6.07, 6.45) is 0.609. The molecule has 2 aromatic rings. The van der Waals surface area contributed by atoms with Crippen LogP contribution in [-0.4, -0.2) is 18.9 Å². The van der Waals surface area contributed by atoms with Crippen molar-refractivity contribution in [2.75, 3.05) is 12.4 Å². The lowest BCUT2D eigenvalue weighted by Crippen LogP contribution is -2.21. The minimum absolute atomic E-state index is 0.0724. The molecule has 0 unspecified atom stereocenters. The minimum atomic E-state index is -0.0787. The SMILES string of the molecule is CNC(=O)Cc1ccccc1NC(=O)Cc1cccs1. The maximum atomic E-state index is 12.0. The molecule has 0 radical (unpaired) electrons. The van der Waals surface area contributed by atoms with Crippen LogP contribution in [0.2, 0.25) is 0 Å². The van der Waals surface area contributed by atoms with Crippen molar-refractivity contribution in [3.05, 3.63) is 52.2 Å². The first-order valence-electron chi connectivity index (χ1n) is 6.29. The minimum Gasteiger partial charge on any atom is -0.359 e. The number of nitrogens with one attached hydrogen (secondary N) is 2. The molecule has 2 N–H and O–H groups in total. The average Bonchev–Trinajstić information content (AvgIpc) is 2.93. The zero-order valence-corrected chi connectivity index (χ0v) is 12.0. The van der Waals surface area contributed by atoms with Crippen molar-refractivity contribution >= 4 is 28.8 Å². The summed E-state index contributed by atoms with van der Waals surface area (Å²) >= 11 is 1.56. The van der Waals surface area contributed by atoms with E-state index >= 15 is 0 Å². The Morgan fingerprint density at radius 2 is 1.85 bits per heavy atom. The number of benzene rings is 1. The third kappa shape index (κ3) is 3.93. The number of carbonyl (C=O) groups is 2. The molecule has 2 rings (SSSR count). The van der Waals surface area contributed by atoms with Crippen LogP contribution < -0.4 is 10.6 Å². The van der Waals surface area contributed by atoms with Crippen molar-refractivity contribution in [3.8, 4) is 0 Å². The summed E-state index contributed by atoms with van der Waals surface area (Å²) in [4.78, 5) is 24.5. The second-order valence-electron chi connectivity index (χ2n) is 4.31. The maximum absolute atomic E-state index is 12.0. The van der Waals surface area contributed by atoms with Crippen LogP contribution in [0.3, 0.4) is 0 Å². The zero-order chi connectivity index (χ0) is 14.4. The van der Waals surface area contributed by atoms with Crippen LogP contribution in [0.1, 0.15) is 10.4 Å². The van der Waals surface area contributed by atoms with E-state index in [2.05, 4.69) is 10.6 Å². The van der Waals surface area contributed by atoms with Gasteiger partial charge in [-0.1, -0.05) is 24.3 Å². The molecule has 0 spiro atoms. The van der Waals surface area contributed by atoms with Crippen LogP contribution in [0.25, 0.3) is 0 Å². The van der Waals surface area contributed by atoms with Gasteiger partial charge in [-0.05, 0) is 23.1 Å². The summed E-state index contributed by atoms with van der Waals surface area (Å²) in [6, 6.07) is 11.2. The monoisotopic (exact) mass is 288 g/mol. The first-order valence-corrected chi connectivity index (χ1v) is 7.17. The normalized spacial score (nSPS) is 10.1. The van der Waals surface area contributed by atoms with Gasteiger partial charge in [0.15, 0.2) is 0 Å². The van der Waals surface area contributed by atoms with E-state index in [1.165, 1.54) is 0 Å². The number of likely N-dealkylation sites (N-methyl/N-ethyl adjacent to an activating group) is 1. The Morgan fingerprint density at radius 1 is 1.05 bits per heavy atom. The van der Waals surface area contributed by atoms with E-state index in [1.807, 2.05) is 41.8 Å². The number of carbonyl (C=O) groups excluding carboxylic acids is 2. The van der Waals surface area contributed by atoms with Gasteiger partial charge in [-0.2, -0.15) is 0 Å². The second-order valence-corrected chi connectivity index (χ2v) is 5.34. The Bertz CT molecular complexity index is 594. The summed E-state index contributed by atoms with van der Waals surface area (Å²) in [6.45, 7) is 0. The van der Waals surface area contributed by atoms with E-state index in [0.717, 1.165) is 10.4 Å². The fourth-order valence-electron chi connectivity index (χ4n) is 1.82. The fourth-order valence-corrected chi connectivity index (χ4v) is 2.53. The van der Waals surface area contributed by atoms with Gasteiger partial charge >= 0.3 is 0 Å². The largest absolute Gasteiger partial charge is 0.359 e. The molecule has 5 heteroatoms. The lowest BCUT2D eigenvalue weighted by atomic mass is 10.1. The van der Waals surface area contributed by atoms with Gasteiger partial charge in [0.1, 0.15) is 0 Å². The van der Waals surface area contributed by atoms with Crippen molar-refractivity contribution in [2.24, 2.45) is 0 Å². The predicted molar refractivity (Wildman–Crippen MR) is 80.9 cm³/mol. The topological polar surface area (TPSA) is 58.2 Å². The van der Waals surface area contributed by atoms with Crippen molar-refractivity contribution in [1.82, 2.24) is 5.32 Å². The lowest BCUT2D eigenvalue weighted by molar-refractivity contribution is -0.120. The molecule has 2 amide bonds. The van der Waals surface area contributed by atoms with Crippen molar-refractivity contribution in [2.45, 2.75) is 12.8 Å².